The van der Waals surface area contributed by atoms with E-state index in [0.29, 0.717) is 17.0 Å². The molecule has 15 heavy (non-hydrogen) atoms. The van der Waals surface area contributed by atoms with Crippen molar-refractivity contribution in [3.63, 3.8) is 0 Å². The van der Waals surface area contributed by atoms with Gasteiger partial charge in [0.25, 0.3) is 5.91 Å². The van der Waals surface area contributed by atoms with Crippen LogP contribution in [0.4, 0.5) is 5.69 Å². The van der Waals surface area contributed by atoms with Crippen molar-refractivity contribution in [3.05, 3.63) is 23.8 Å². The highest BCUT2D eigenvalue weighted by molar-refractivity contribution is 6.53. The maximum absolute atomic E-state index is 11.5. The van der Waals surface area contributed by atoms with E-state index in [1.165, 1.54) is 0 Å². The van der Waals surface area contributed by atoms with E-state index >= 15 is 0 Å². The Morgan fingerprint density at radius 2 is 2.27 bits per heavy atom. The molecule has 5 nitrogen and oxygen atoms in total. The molecular weight excluding hydrogens is 194 g/mol. The van der Waals surface area contributed by atoms with Crippen LogP contribution >= 0.6 is 0 Å². The quantitative estimate of drug-likeness (QED) is 0.576. The maximum Gasteiger partial charge on any atom is 0.276 e. The largest absolute Gasteiger partial charge is 0.497 e. The number of ether oxygens (including phenoxy) is 1. The second-order valence-corrected chi connectivity index (χ2v) is 2.96. The highest BCUT2D eigenvalue weighted by Gasteiger charge is 2.26. The van der Waals surface area contributed by atoms with Crippen molar-refractivity contribution < 1.29 is 9.53 Å². The number of carbonyl (C=O) groups excluding carboxylic acids is 1. The van der Waals surface area contributed by atoms with E-state index in [1.807, 2.05) is 0 Å². The Kier molecular flexibility index (Phi) is 2.21. The molecule has 1 N–H and O–H groups in total. The highest BCUT2D eigenvalue weighted by Crippen LogP contribution is 2.27. The van der Waals surface area contributed by atoms with Crippen LogP contribution in [-0.2, 0) is 4.79 Å². The minimum atomic E-state index is -0.273. The third-order valence-corrected chi connectivity index (χ3v) is 2.12. The first-order chi connectivity index (χ1) is 7.26. The van der Waals surface area contributed by atoms with Crippen molar-refractivity contribution in [2.75, 3.05) is 12.4 Å². The van der Waals surface area contributed by atoms with Crippen LogP contribution in [0.5, 0.6) is 5.75 Å². The zero-order chi connectivity index (χ0) is 10.8. The predicted octanol–water partition coefficient (Wildman–Crippen LogP) is 1.05. The Balaban J connectivity index is 2.55. The molecule has 1 heterocycles. The van der Waals surface area contributed by atoms with Gasteiger partial charge in [0, 0.05) is 12.3 Å². The lowest BCUT2D eigenvalue weighted by molar-refractivity contribution is -0.110. The van der Waals surface area contributed by atoms with Crippen molar-refractivity contribution in [2.45, 2.75) is 0 Å². The van der Waals surface area contributed by atoms with E-state index in [9.17, 15) is 4.79 Å². The Morgan fingerprint density at radius 3 is 2.93 bits per heavy atom. The summed E-state index contributed by atoms with van der Waals surface area (Å²) < 4.78 is 5.06. The third-order valence-electron chi connectivity index (χ3n) is 2.12. The molecule has 76 valence electrons. The molecule has 0 atom stereocenters. The average molecular weight is 203 g/mol. The van der Waals surface area contributed by atoms with Gasteiger partial charge in [0.05, 0.1) is 12.8 Å². The Hall–Kier alpha value is -2.17. The van der Waals surface area contributed by atoms with Gasteiger partial charge in [0.1, 0.15) is 5.75 Å². The third kappa shape index (κ3) is 1.48. The van der Waals surface area contributed by atoms with Gasteiger partial charge in [0.2, 0.25) is 0 Å². The molecule has 1 aromatic rings. The van der Waals surface area contributed by atoms with Crippen LogP contribution in [-0.4, -0.2) is 25.4 Å². The van der Waals surface area contributed by atoms with Gasteiger partial charge in [-0.3, -0.25) is 4.79 Å². The second-order valence-electron chi connectivity index (χ2n) is 2.96. The standard InChI is InChI=1S/C10H9N3O2/c1-11-13-9-7-5-6(15-2)3-4-8(7)12-10(9)14/h3-5H,1H2,2H3,(H,12,13,14). The van der Waals surface area contributed by atoms with Gasteiger partial charge in [-0.1, -0.05) is 0 Å². The Labute approximate surface area is 86.5 Å². The topological polar surface area (TPSA) is 63.0 Å². The smallest absolute Gasteiger partial charge is 0.276 e. The van der Waals surface area contributed by atoms with E-state index in [-0.39, 0.29) is 11.6 Å². The monoisotopic (exact) mass is 203 g/mol. The number of fused-ring (bicyclic) bond motifs is 1. The second kappa shape index (κ2) is 3.53. The van der Waals surface area contributed by atoms with Crippen molar-refractivity contribution >= 4 is 24.0 Å². The number of carbonyl (C=O) groups is 1. The van der Waals surface area contributed by atoms with Crippen molar-refractivity contribution in [1.82, 2.24) is 0 Å². The highest BCUT2D eigenvalue weighted by atomic mass is 16.5. The van der Waals surface area contributed by atoms with Crippen LogP contribution in [0.2, 0.25) is 0 Å². The SMILES string of the molecule is C=N/N=C1\C(=O)Nc2ccc(OC)cc21. The molecule has 0 aliphatic carbocycles. The molecule has 1 aliphatic heterocycles. The molecule has 0 unspecified atom stereocenters. The van der Waals surface area contributed by atoms with Crippen LogP contribution in [0, 0.1) is 0 Å². The molecule has 1 aromatic carbocycles. The van der Waals surface area contributed by atoms with Gasteiger partial charge in [-0.15, -0.1) is 5.10 Å². The van der Waals surface area contributed by atoms with Crippen molar-refractivity contribution in [2.24, 2.45) is 10.2 Å². The van der Waals surface area contributed by atoms with Crippen LogP contribution < -0.4 is 10.1 Å². The number of anilines is 1. The molecular formula is C10H9N3O2. The normalized spacial score (nSPS) is 16.1. The zero-order valence-corrected chi connectivity index (χ0v) is 8.15. The van der Waals surface area contributed by atoms with E-state index in [0.717, 1.165) is 0 Å². The molecule has 0 saturated carbocycles. The van der Waals surface area contributed by atoms with E-state index in [4.69, 9.17) is 4.74 Å². The first kappa shape index (κ1) is 9.39. The van der Waals surface area contributed by atoms with Crippen molar-refractivity contribution in [1.29, 1.82) is 0 Å². The lowest BCUT2D eigenvalue weighted by atomic mass is 10.1. The van der Waals surface area contributed by atoms with Gasteiger partial charge in [-0.25, -0.2) is 0 Å². The summed E-state index contributed by atoms with van der Waals surface area (Å²) in [7, 11) is 1.56. The summed E-state index contributed by atoms with van der Waals surface area (Å²) in [6, 6.07) is 5.26. The lowest BCUT2D eigenvalue weighted by Crippen LogP contribution is -2.13. The number of nitrogens with one attached hydrogen (secondary N) is 1. The van der Waals surface area contributed by atoms with Crippen LogP contribution in [0.25, 0.3) is 0 Å². The summed E-state index contributed by atoms with van der Waals surface area (Å²) in [5, 5.41) is 9.71. The number of rotatable bonds is 2. The molecule has 0 saturated heterocycles. The minimum absolute atomic E-state index is 0.263. The molecule has 0 aromatic heterocycles. The fraction of sp³-hybridized carbons (Fsp3) is 0.100. The summed E-state index contributed by atoms with van der Waals surface area (Å²) in [5.41, 5.74) is 1.66. The lowest BCUT2D eigenvalue weighted by Gasteiger charge is -2.01. The first-order valence-electron chi connectivity index (χ1n) is 4.29. The predicted molar refractivity (Wildman–Crippen MR) is 57.7 cm³/mol. The molecule has 0 radical (unpaired) electrons. The number of methoxy groups -OCH3 is 1. The van der Waals surface area contributed by atoms with Crippen LogP contribution in [0.15, 0.2) is 28.4 Å². The van der Waals surface area contributed by atoms with Gasteiger partial charge < -0.3 is 10.1 Å². The summed E-state index contributed by atoms with van der Waals surface area (Å²) in [6.45, 7) is 3.23. The van der Waals surface area contributed by atoms with E-state index in [1.54, 1.807) is 25.3 Å². The summed E-state index contributed by atoms with van der Waals surface area (Å²) >= 11 is 0. The van der Waals surface area contributed by atoms with Gasteiger partial charge in [-0.05, 0) is 18.2 Å². The van der Waals surface area contributed by atoms with Gasteiger partial charge >= 0.3 is 0 Å². The number of hydrogen-bond acceptors (Lipinski definition) is 4. The molecule has 0 fully saturated rings. The average Bonchev–Trinajstić information content (AvgIpc) is 2.55. The minimum Gasteiger partial charge on any atom is -0.497 e. The van der Waals surface area contributed by atoms with E-state index < -0.39 is 0 Å². The maximum atomic E-state index is 11.5. The fourth-order valence-corrected chi connectivity index (χ4v) is 1.43. The molecule has 0 bridgehead atoms. The number of hydrogen-bond donors (Lipinski definition) is 1. The van der Waals surface area contributed by atoms with Crippen molar-refractivity contribution in [3.8, 4) is 5.75 Å². The molecule has 5 heteroatoms. The summed E-state index contributed by atoms with van der Waals surface area (Å²) in [5.74, 6) is 0.396. The van der Waals surface area contributed by atoms with Gasteiger partial charge in [0.15, 0.2) is 5.71 Å². The molecule has 2 rings (SSSR count). The fourth-order valence-electron chi connectivity index (χ4n) is 1.43. The molecule has 1 amide bonds. The molecule has 0 spiro atoms. The van der Waals surface area contributed by atoms with Crippen LogP contribution in [0.3, 0.4) is 0 Å². The first-order valence-corrected chi connectivity index (χ1v) is 4.29. The number of nitrogens with zero attached hydrogens (tertiary/aromatic N) is 2. The summed E-state index contributed by atoms with van der Waals surface area (Å²) in [4.78, 5) is 11.5. The number of benzene rings is 1. The molecule has 1 aliphatic rings. The zero-order valence-electron chi connectivity index (χ0n) is 8.15. The number of amides is 1. The van der Waals surface area contributed by atoms with E-state index in [2.05, 4.69) is 22.2 Å². The van der Waals surface area contributed by atoms with Crippen LogP contribution in [0.1, 0.15) is 5.56 Å². The van der Waals surface area contributed by atoms with Gasteiger partial charge in [-0.2, -0.15) is 5.10 Å². The Bertz CT molecular complexity index is 466. The Morgan fingerprint density at radius 1 is 1.47 bits per heavy atom. The summed E-state index contributed by atoms with van der Waals surface area (Å²) in [6.07, 6.45) is 0.